The van der Waals surface area contributed by atoms with Crippen molar-refractivity contribution >= 4 is 23.6 Å². The molecule has 0 aliphatic carbocycles. The number of aromatic nitrogens is 4. The highest BCUT2D eigenvalue weighted by Gasteiger charge is 2.07. The van der Waals surface area contributed by atoms with Gasteiger partial charge in [-0.3, -0.25) is 0 Å². The number of fused-ring (bicyclic) bond motifs is 1. The van der Waals surface area contributed by atoms with Crippen molar-refractivity contribution in [3.8, 4) is 0 Å². The number of nitrogens with zero attached hydrogens (tertiary/aromatic N) is 3. The van der Waals surface area contributed by atoms with Crippen molar-refractivity contribution in [2.24, 2.45) is 0 Å². The normalized spacial score (nSPS) is 9.86. The Balaban J connectivity index is 0.000000980. The van der Waals surface area contributed by atoms with E-state index >= 15 is 0 Å². The van der Waals surface area contributed by atoms with E-state index in [0.29, 0.717) is 17.0 Å². The quantitative estimate of drug-likeness (QED) is 0.723. The first-order valence-corrected chi connectivity index (χ1v) is 3.71. The predicted molar refractivity (Wildman–Crippen MR) is 52.6 cm³/mol. The van der Waals surface area contributed by atoms with Gasteiger partial charge in [0, 0.05) is 0 Å². The van der Waals surface area contributed by atoms with Crippen molar-refractivity contribution in [1.82, 2.24) is 19.7 Å². The second kappa shape index (κ2) is 3.67. The summed E-state index contributed by atoms with van der Waals surface area (Å²) in [5.41, 5.74) is 0.676. The molecule has 1 N–H and O–H groups in total. The Morgan fingerprint density at radius 3 is 2.93 bits per heavy atom. The number of halogens is 1. The number of rotatable bonds is 1. The highest BCUT2D eigenvalue weighted by molar-refractivity contribution is 5.85. The van der Waals surface area contributed by atoms with E-state index < -0.39 is 0 Å². The summed E-state index contributed by atoms with van der Waals surface area (Å²) >= 11 is 0. The fraction of sp³-hybridized carbons (Fsp3) is 0.286. The van der Waals surface area contributed by atoms with Crippen LogP contribution in [0.4, 0.5) is 0 Å². The van der Waals surface area contributed by atoms with Crippen LogP contribution in [0, 0.1) is 6.92 Å². The number of aryl methyl sites for hydroxylation is 1. The summed E-state index contributed by atoms with van der Waals surface area (Å²) in [5, 5.41) is 0. The highest BCUT2D eigenvalue weighted by Crippen LogP contribution is 2.03. The fourth-order valence-electron chi connectivity index (χ4n) is 1.13. The SMILES string of the molecule is COn1c(=O)[nH]c2cnc(C)nc21.Cl. The summed E-state index contributed by atoms with van der Waals surface area (Å²) in [6, 6.07) is 0. The molecule has 6 nitrogen and oxygen atoms in total. The van der Waals surface area contributed by atoms with Gasteiger partial charge in [-0.25, -0.2) is 14.8 Å². The average molecular weight is 217 g/mol. The van der Waals surface area contributed by atoms with Gasteiger partial charge in [-0.1, -0.05) is 0 Å². The van der Waals surface area contributed by atoms with Gasteiger partial charge in [-0.15, -0.1) is 17.1 Å². The van der Waals surface area contributed by atoms with Crippen LogP contribution in [0.5, 0.6) is 0 Å². The minimum atomic E-state index is -0.350. The molecule has 2 aromatic rings. The van der Waals surface area contributed by atoms with Gasteiger partial charge in [0.1, 0.15) is 18.5 Å². The van der Waals surface area contributed by atoms with Gasteiger partial charge in [-0.2, -0.15) is 0 Å². The van der Waals surface area contributed by atoms with Gasteiger partial charge in [0.05, 0.1) is 6.20 Å². The molecule has 0 atom stereocenters. The highest BCUT2D eigenvalue weighted by atomic mass is 35.5. The summed E-state index contributed by atoms with van der Waals surface area (Å²) in [5.74, 6) is 0.595. The van der Waals surface area contributed by atoms with Gasteiger partial charge in [0.15, 0.2) is 0 Å². The van der Waals surface area contributed by atoms with Crippen molar-refractivity contribution < 1.29 is 4.84 Å². The molecule has 0 saturated carbocycles. The smallest absolute Gasteiger partial charge is 0.361 e. The summed E-state index contributed by atoms with van der Waals surface area (Å²) in [6.45, 7) is 1.75. The van der Waals surface area contributed by atoms with Crippen LogP contribution in [-0.2, 0) is 0 Å². The maximum Gasteiger partial charge on any atom is 0.361 e. The third kappa shape index (κ3) is 1.44. The van der Waals surface area contributed by atoms with E-state index in [0.717, 1.165) is 4.73 Å². The molecule has 0 spiro atoms. The molecular formula is C7H9ClN4O2. The van der Waals surface area contributed by atoms with Crippen LogP contribution in [0.15, 0.2) is 11.0 Å². The number of H-pyrrole nitrogens is 1. The first-order valence-electron chi connectivity index (χ1n) is 3.71. The average Bonchev–Trinajstić information content (AvgIpc) is 2.40. The Labute approximate surface area is 85.3 Å². The van der Waals surface area contributed by atoms with Crippen molar-refractivity contribution in [1.29, 1.82) is 0 Å². The first-order chi connectivity index (χ1) is 6.22. The molecule has 2 aromatic heterocycles. The largest absolute Gasteiger partial charge is 0.411 e. The predicted octanol–water partition coefficient (Wildman–Crippen LogP) is -0.0918. The van der Waals surface area contributed by atoms with Gasteiger partial charge in [0.25, 0.3) is 0 Å². The zero-order chi connectivity index (χ0) is 9.42. The van der Waals surface area contributed by atoms with E-state index in [-0.39, 0.29) is 18.1 Å². The third-order valence-electron chi connectivity index (χ3n) is 1.69. The Bertz CT molecular complexity index is 504. The van der Waals surface area contributed by atoms with E-state index in [9.17, 15) is 4.79 Å². The second-order valence-electron chi connectivity index (χ2n) is 2.56. The van der Waals surface area contributed by atoms with E-state index in [4.69, 9.17) is 4.84 Å². The van der Waals surface area contributed by atoms with Crippen molar-refractivity contribution in [3.05, 3.63) is 22.5 Å². The van der Waals surface area contributed by atoms with Gasteiger partial charge in [0.2, 0.25) is 5.65 Å². The topological polar surface area (TPSA) is 72.8 Å². The molecule has 14 heavy (non-hydrogen) atoms. The molecule has 0 saturated heterocycles. The standard InChI is InChI=1S/C7H8N4O2.ClH/c1-4-8-3-5-6(9-4)11(13-2)7(12)10-5;/h3H,1-2H3,(H,10,12);1H. The number of hydrogen-bond donors (Lipinski definition) is 1. The molecule has 7 heteroatoms. The molecular weight excluding hydrogens is 208 g/mol. The van der Waals surface area contributed by atoms with Crippen LogP contribution in [0.3, 0.4) is 0 Å². The molecule has 0 aliphatic heterocycles. The third-order valence-corrected chi connectivity index (χ3v) is 1.69. The van der Waals surface area contributed by atoms with E-state index in [2.05, 4.69) is 15.0 Å². The van der Waals surface area contributed by atoms with E-state index in [1.165, 1.54) is 7.11 Å². The van der Waals surface area contributed by atoms with Crippen LogP contribution in [0.2, 0.25) is 0 Å². The molecule has 2 heterocycles. The van der Waals surface area contributed by atoms with Crippen LogP contribution in [0.1, 0.15) is 5.82 Å². The molecule has 0 radical (unpaired) electrons. The summed E-state index contributed by atoms with van der Waals surface area (Å²) in [6.07, 6.45) is 1.55. The lowest BCUT2D eigenvalue weighted by molar-refractivity contribution is 0.167. The lowest BCUT2D eigenvalue weighted by Gasteiger charge is -1.97. The van der Waals surface area contributed by atoms with E-state index in [1.54, 1.807) is 13.1 Å². The molecule has 2 rings (SSSR count). The molecule has 0 aliphatic rings. The Morgan fingerprint density at radius 1 is 1.57 bits per heavy atom. The molecule has 0 amide bonds. The lowest BCUT2D eigenvalue weighted by atomic mass is 10.5. The summed E-state index contributed by atoms with van der Waals surface area (Å²) < 4.78 is 1.09. The van der Waals surface area contributed by atoms with Gasteiger partial charge >= 0.3 is 5.69 Å². The van der Waals surface area contributed by atoms with Crippen molar-refractivity contribution in [2.45, 2.75) is 6.92 Å². The monoisotopic (exact) mass is 216 g/mol. The van der Waals surface area contributed by atoms with Crippen LogP contribution in [0.25, 0.3) is 11.2 Å². The minimum absolute atomic E-state index is 0. The molecule has 0 unspecified atom stereocenters. The number of hydrogen-bond acceptors (Lipinski definition) is 4. The molecule has 76 valence electrons. The molecule has 0 bridgehead atoms. The Morgan fingerprint density at radius 2 is 2.29 bits per heavy atom. The minimum Gasteiger partial charge on any atom is -0.411 e. The maximum atomic E-state index is 11.2. The van der Waals surface area contributed by atoms with E-state index in [1.807, 2.05) is 0 Å². The number of aromatic amines is 1. The van der Waals surface area contributed by atoms with Gasteiger partial charge in [-0.05, 0) is 6.92 Å². The maximum absolute atomic E-state index is 11.2. The molecule has 0 fully saturated rings. The summed E-state index contributed by atoms with van der Waals surface area (Å²) in [7, 11) is 1.41. The van der Waals surface area contributed by atoms with Crippen molar-refractivity contribution in [3.63, 3.8) is 0 Å². The van der Waals surface area contributed by atoms with Crippen LogP contribution >= 0.6 is 12.4 Å². The fourth-order valence-corrected chi connectivity index (χ4v) is 1.13. The number of imidazole rings is 1. The Kier molecular flexibility index (Phi) is 2.76. The van der Waals surface area contributed by atoms with Crippen molar-refractivity contribution in [2.75, 3.05) is 7.11 Å². The van der Waals surface area contributed by atoms with Gasteiger partial charge < -0.3 is 9.82 Å². The summed E-state index contributed by atoms with van der Waals surface area (Å²) in [4.78, 5) is 26.6. The second-order valence-corrected chi connectivity index (χ2v) is 2.56. The zero-order valence-electron chi connectivity index (χ0n) is 7.64. The Hall–Kier alpha value is -1.56. The first kappa shape index (κ1) is 10.5. The lowest BCUT2D eigenvalue weighted by Crippen LogP contribution is -2.21. The molecule has 0 aromatic carbocycles. The van der Waals surface area contributed by atoms with Crippen LogP contribution in [-0.4, -0.2) is 26.8 Å². The van der Waals surface area contributed by atoms with Crippen LogP contribution < -0.4 is 10.5 Å². The number of nitrogens with one attached hydrogen (secondary N) is 1. The zero-order valence-corrected chi connectivity index (χ0v) is 8.46.